The highest BCUT2D eigenvalue weighted by Crippen LogP contribution is 2.31. The van der Waals surface area contributed by atoms with Crippen molar-refractivity contribution in [2.24, 2.45) is 0 Å². The second-order valence-corrected chi connectivity index (χ2v) is 8.37. The summed E-state index contributed by atoms with van der Waals surface area (Å²) in [5, 5.41) is 4.03. The normalized spacial score (nSPS) is 10.7. The number of amides is 1. The lowest BCUT2D eigenvalue weighted by Crippen LogP contribution is -2.27. The van der Waals surface area contributed by atoms with E-state index in [1.165, 1.54) is 16.0 Å². The third-order valence-corrected chi connectivity index (χ3v) is 6.53. The number of thioether (sulfide) groups is 1. The SMILES string of the molecule is Cc1ccccc1-c1nc(C)c(CSCC(=O)NCCc2cccnc2)s1. The lowest BCUT2D eigenvalue weighted by Gasteiger charge is -2.05. The number of carbonyl (C=O) groups excluding carboxylic acids is 1. The van der Waals surface area contributed by atoms with Crippen LogP contribution in [0, 0.1) is 13.8 Å². The number of nitrogens with one attached hydrogen (secondary N) is 1. The van der Waals surface area contributed by atoms with Gasteiger partial charge in [-0.25, -0.2) is 4.98 Å². The summed E-state index contributed by atoms with van der Waals surface area (Å²) < 4.78 is 0. The smallest absolute Gasteiger partial charge is 0.230 e. The summed E-state index contributed by atoms with van der Waals surface area (Å²) in [6.45, 7) is 4.79. The zero-order valence-electron chi connectivity index (χ0n) is 15.6. The van der Waals surface area contributed by atoms with Gasteiger partial charge in [0.1, 0.15) is 5.01 Å². The van der Waals surface area contributed by atoms with Crippen molar-refractivity contribution in [1.82, 2.24) is 15.3 Å². The third-order valence-electron chi connectivity index (χ3n) is 4.19. The van der Waals surface area contributed by atoms with E-state index in [4.69, 9.17) is 4.98 Å². The fourth-order valence-corrected chi connectivity index (χ4v) is 4.89. The molecular formula is C21H23N3OS2. The van der Waals surface area contributed by atoms with Crippen molar-refractivity contribution in [3.05, 3.63) is 70.5 Å². The third kappa shape index (κ3) is 5.65. The molecule has 27 heavy (non-hydrogen) atoms. The van der Waals surface area contributed by atoms with Gasteiger partial charge in [-0.05, 0) is 37.5 Å². The Balaban J connectivity index is 1.45. The quantitative estimate of drug-likeness (QED) is 0.611. The molecule has 0 saturated heterocycles. The molecule has 0 atom stereocenters. The molecule has 4 nitrogen and oxygen atoms in total. The molecule has 140 valence electrons. The second-order valence-electron chi connectivity index (χ2n) is 6.30. The van der Waals surface area contributed by atoms with Crippen LogP contribution in [0.4, 0.5) is 0 Å². The van der Waals surface area contributed by atoms with Gasteiger partial charge in [0.25, 0.3) is 0 Å². The van der Waals surface area contributed by atoms with Crippen LogP contribution >= 0.6 is 23.1 Å². The molecule has 0 aliphatic heterocycles. The maximum absolute atomic E-state index is 12.0. The Bertz CT molecular complexity index is 893. The molecule has 0 aliphatic rings. The molecule has 1 amide bonds. The van der Waals surface area contributed by atoms with Crippen LogP contribution in [0.5, 0.6) is 0 Å². The number of benzene rings is 1. The van der Waals surface area contributed by atoms with Gasteiger partial charge in [0.2, 0.25) is 5.91 Å². The van der Waals surface area contributed by atoms with E-state index in [0.717, 1.165) is 28.4 Å². The highest BCUT2D eigenvalue weighted by Gasteiger charge is 2.11. The first-order valence-electron chi connectivity index (χ1n) is 8.89. The van der Waals surface area contributed by atoms with Crippen molar-refractivity contribution >= 4 is 29.0 Å². The van der Waals surface area contributed by atoms with Crippen LogP contribution in [0.3, 0.4) is 0 Å². The molecule has 3 aromatic rings. The van der Waals surface area contributed by atoms with E-state index in [2.05, 4.69) is 29.4 Å². The van der Waals surface area contributed by atoms with Crippen molar-refractivity contribution in [3.63, 3.8) is 0 Å². The van der Waals surface area contributed by atoms with Crippen LogP contribution < -0.4 is 5.32 Å². The van der Waals surface area contributed by atoms with Crippen molar-refractivity contribution in [2.75, 3.05) is 12.3 Å². The van der Waals surface area contributed by atoms with Gasteiger partial charge in [0.15, 0.2) is 0 Å². The first kappa shape index (κ1) is 19.6. The van der Waals surface area contributed by atoms with Gasteiger partial charge in [-0.2, -0.15) is 0 Å². The molecule has 0 fully saturated rings. The zero-order valence-corrected chi connectivity index (χ0v) is 17.2. The fourth-order valence-electron chi connectivity index (χ4n) is 2.67. The van der Waals surface area contributed by atoms with Crippen LogP contribution in [0.25, 0.3) is 10.6 Å². The van der Waals surface area contributed by atoms with Gasteiger partial charge in [0, 0.05) is 35.1 Å². The minimum absolute atomic E-state index is 0.0742. The molecule has 6 heteroatoms. The molecule has 2 aromatic heterocycles. The Kier molecular flexibility index (Phi) is 7.01. The Labute approximate surface area is 168 Å². The molecule has 1 N–H and O–H groups in total. The monoisotopic (exact) mass is 397 g/mol. The molecule has 2 heterocycles. The Morgan fingerprint density at radius 3 is 2.81 bits per heavy atom. The largest absolute Gasteiger partial charge is 0.355 e. The number of carbonyl (C=O) groups is 1. The second kappa shape index (κ2) is 9.67. The summed E-state index contributed by atoms with van der Waals surface area (Å²) in [6.07, 6.45) is 4.39. The minimum Gasteiger partial charge on any atom is -0.355 e. The highest BCUT2D eigenvalue weighted by molar-refractivity contribution is 7.99. The molecule has 0 spiro atoms. The van der Waals surface area contributed by atoms with Crippen LogP contribution in [0.15, 0.2) is 48.8 Å². The number of aromatic nitrogens is 2. The van der Waals surface area contributed by atoms with Crippen LogP contribution in [-0.2, 0) is 17.0 Å². The van der Waals surface area contributed by atoms with Gasteiger partial charge < -0.3 is 5.32 Å². The summed E-state index contributed by atoms with van der Waals surface area (Å²) >= 11 is 3.36. The highest BCUT2D eigenvalue weighted by atomic mass is 32.2. The van der Waals surface area contributed by atoms with Gasteiger partial charge in [-0.15, -0.1) is 23.1 Å². The number of hydrogen-bond acceptors (Lipinski definition) is 5. The van der Waals surface area contributed by atoms with Crippen molar-refractivity contribution < 1.29 is 4.79 Å². The number of aryl methyl sites for hydroxylation is 2. The maximum Gasteiger partial charge on any atom is 0.230 e. The molecule has 3 rings (SSSR count). The van der Waals surface area contributed by atoms with E-state index in [-0.39, 0.29) is 5.91 Å². The van der Waals surface area contributed by atoms with Crippen LogP contribution in [0.2, 0.25) is 0 Å². The summed E-state index contributed by atoms with van der Waals surface area (Å²) in [4.78, 5) is 22.1. The van der Waals surface area contributed by atoms with E-state index < -0.39 is 0 Å². The van der Waals surface area contributed by atoms with E-state index in [0.29, 0.717) is 12.3 Å². The topological polar surface area (TPSA) is 54.9 Å². The van der Waals surface area contributed by atoms with Crippen molar-refractivity contribution in [1.29, 1.82) is 0 Å². The maximum atomic E-state index is 12.0. The lowest BCUT2D eigenvalue weighted by molar-refractivity contribution is -0.118. The number of rotatable bonds is 8. The summed E-state index contributed by atoms with van der Waals surface area (Å²) in [6, 6.07) is 12.2. The first-order chi connectivity index (χ1) is 13.1. The minimum atomic E-state index is 0.0742. The zero-order chi connectivity index (χ0) is 19.1. The average molecular weight is 398 g/mol. The van der Waals surface area contributed by atoms with E-state index in [1.54, 1.807) is 29.3 Å². The Morgan fingerprint density at radius 2 is 2.04 bits per heavy atom. The predicted octanol–water partition coefficient (Wildman–Crippen LogP) is 4.41. The average Bonchev–Trinajstić information content (AvgIpc) is 3.03. The van der Waals surface area contributed by atoms with Crippen molar-refractivity contribution in [3.8, 4) is 10.6 Å². The molecule has 0 unspecified atom stereocenters. The lowest BCUT2D eigenvalue weighted by atomic mass is 10.1. The molecule has 0 bridgehead atoms. The molecule has 0 saturated carbocycles. The fraction of sp³-hybridized carbons (Fsp3) is 0.286. The number of hydrogen-bond donors (Lipinski definition) is 1. The summed E-state index contributed by atoms with van der Waals surface area (Å²) in [5.74, 6) is 1.35. The van der Waals surface area contributed by atoms with Gasteiger partial charge in [-0.3, -0.25) is 9.78 Å². The number of thiazole rings is 1. The van der Waals surface area contributed by atoms with E-state index >= 15 is 0 Å². The summed E-state index contributed by atoms with van der Waals surface area (Å²) in [5.41, 5.74) is 4.62. The molecule has 1 aromatic carbocycles. The molecule has 0 radical (unpaired) electrons. The number of nitrogens with zero attached hydrogens (tertiary/aromatic N) is 2. The first-order valence-corrected chi connectivity index (χ1v) is 10.9. The molecule has 0 aliphatic carbocycles. The van der Waals surface area contributed by atoms with Gasteiger partial charge in [-0.1, -0.05) is 30.3 Å². The van der Waals surface area contributed by atoms with E-state index in [1.807, 2.05) is 37.4 Å². The summed E-state index contributed by atoms with van der Waals surface area (Å²) in [7, 11) is 0. The van der Waals surface area contributed by atoms with Crippen LogP contribution in [0.1, 0.15) is 21.7 Å². The Hall–Kier alpha value is -2.18. The molecular weight excluding hydrogens is 374 g/mol. The van der Waals surface area contributed by atoms with E-state index in [9.17, 15) is 4.79 Å². The Morgan fingerprint density at radius 1 is 1.19 bits per heavy atom. The number of pyridine rings is 1. The predicted molar refractivity (Wildman–Crippen MR) is 114 cm³/mol. The van der Waals surface area contributed by atoms with Crippen molar-refractivity contribution in [2.45, 2.75) is 26.0 Å². The van der Waals surface area contributed by atoms with Crippen LogP contribution in [-0.4, -0.2) is 28.2 Å². The standard InChI is InChI=1S/C21H23N3OS2/c1-15-6-3-4-8-18(15)21-24-16(2)19(27-21)13-26-14-20(25)23-11-9-17-7-5-10-22-12-17/h3-8,10,12H,9,11,13-14H2,1-2H3,(H,23,25). The van der Waals surface area contributed by atoms with Gasteiger partial charge in [0.05, 0.1) is 11.4 Å². The van der Waals surface area contributed by atoms with Gasteiger partial charge >= 0.3 is 0 Å².